The van der Waals surface area contributed by atoms with E-state index < -0.39 is 29.4 Å². The van der Waals surface area contributed by atoms with Crippen LogP contribution in [0.15, 0.2) is 59.9 Å². The van der Waals surface area contributed by atoms with Gasteiger partial charge >= 0.3 is 0 Å². The van der Waals surface area contributed by atoms with E-state index in [1.54, 1.807) is 44.2 Å². The number of carbonyl (C=O) groups is 2. The van der Waals surface area contributed by atoms with Crippen molar-refractivity contribution in [2.24, 2.45) is 5.92 Å². The van der Waals surface area contributed by atoms with Crippen molar-refractivity contribution >= 4 is 17.4 Å². The predicted octanol–water partition coefficient (Wildman–Crippen LogP) is 3.96. The number of methoxy groups -OCH3 is 1. The Morgan fingerprint density at radius 3 is 2.52 bits per heavy atom. The molecule has 1 unspecified atom stereocenters. The minimum absolute atomic E-state index is 0.0104. The molecule has 0 saturated heterocycles. The number of hydrogen-bond acceptors (Lipinski definition) is 4. The number of hydrogen-bond donors (Lipinski definition) is 1. The molecule has 0 fully saturated rings. The maximum Gasteiger partial charge on any atom is 0.294 e. The summed E-state index contributed by atoms with van der Waals surface area (Å²) in [7, 11) is 1.48. The molecule has 0 spiro atoms. The lowest BCUT2D eigenvalue weighted by molar-refractivity contribution is -0.119. The van der Waals surface area contributed by atoms with Crippen LogP contribution >= 0.6 is 0 Å². The first-order valence-electron chi connectivity index (χ1n) is 8.56. The first-order valence-corrected chi connectivity index (χ1v) is 8.56. The summed E-state index contributed by atoms with van der Waals surface area (Å²) in [6, 6.07) is 11.5. The maximum atomic E-state index is 13.8. The Morgan fingerprint density at radius 1 is 1.19 bits per heavy atom. The third-order valence-corrected chi connectivity index (χ3v) is 4.52. The lowest BCUT2D eigenvalue weighted by Crippen LogP contribution is -2.31. The molecule has 0 saturated carbocycles. The highest BCUT2D eigenvalue weighted by molar-refractivity contribution is 6.17. The number of amides is 1. The van der Waals surface area contributed by atoms with Gasteiger partial charge in [-0.3, -0.25) is 14.5 Å². The summed E-state index contributed by atoms with van der Waals surface area (Å²) in [5, 5.41) is 10.5. The van der Waals surface area contributed by atoms with E-state index in [1.165, 1.54) is 30.2 Å². The molecule has 1 heterocycles. The van der Waals surface area contributed by atoms with Crippen molar-refractivity contribution in [2.45, 2.75) is 19.9 Å². The summed E-state index contributed by atoms with van der Waals surface area (Å²) >= 11 is 0. The molecule has 6 heteroatoms. The van der Waals surface area contributed by atoms with Crippen molar-refractivity contribution in [2.75, 3.05) is 12.0 Å². The fourth-order valence-electron chi connectivity index (χ4n) is 3.25. The number of carbonyl (C=O) groups excluding carboxylic acids is 2. The second kappa shape index (κ2) is 7.23. The molecule has 1 N–H and O–H groups in total. The van der Waals surface area contributed by atoms with Crippen LogP contribution in [0.3, 0.4) is 0 Å². The Bertz CT molecular complexity index is 935. The number of aliphatic hydroxyl groups excluding tert-OH is 1. The van der Waals surface area contributed by atoms with Crippen molar-refractivity contribution in [3.63, 3.8) is 0 Å². The molecule has 3 rings (SSSR count). The zero-order valence-corrected chi connectivity index (χ0v) is 15.3. The highest BCUT2D eigenvalue weighted by Gasteiger charge is 2.45. The Morgan fingerprint density at radius 2 is 1.89 bits per heavy atom. The topological polar surface area (TPSA) is 66.8 Å². The van der Waals surface area contributed by atoms with Gasteiger partial charge in [-0.25, -0.2) is 4.39 Å². The Kier molecular flexibility index (Phi) is 4.99. The van der Waals surface area contributed by atoms with Crippen LogP contribution in [-0.4, -0.2) is 23.9 Å². The van der Waals surface area contributed by atoms with E-state index in [1.807, 2.05) is 0 Å². The number of nitrogens with zero attached hydrogens (tertiary/aromatic N) is 1. The molecule has 0 aromatic heterocycles. The zero-order chi connectivity index (χ0) is 19.7. The number of ketones is 1. The van der Waals surface area contributed by atoms with Crippen LogP contribution in [0.5, 0.6) is 5.75 Å². The van der Waals surface area contributed by atoms with Crippen LogP contribution in [0.1, 0.15) is 25.5 Å². The number of aliphatic hydroxyl groups is 1. The van der Waals surface area contributed by atoms with Crippen molar-refractivity contribution in [1.82, 2.24) is 0 Å². The van der Waals surface area contributed by atoms with Gasteiger partial charge in [0.1, 0.15) is 11.6 Å². The Hall–Kier alpha value is -3.15. The average Bonchev–Trinajstić information content (AvgIpc) is 2.92. The van der Waals surface area contributed by atoms with E-state index in [4.69, 9.17) is 4.74 Å². The molecular weight excluding hydrogens is 349 g/mol. The minimum Gasteiger partial charge on any atom is -0.503 e. The lowest BCUT2D eigenvalue weighted by Gasteiger charge is -2.28. The highest BCUT2D eigenvalue weighted by atomic mass is 19.1. The zero-order valence-electron chi connectivity index (χ0n) is 15.3. The van der Waals surface area contributed by atoms with Gasteiger partial charge in [0.25, 0.3) is 5.91 Å². The lowest BCUT2D eigenvalue weighted by atomic mass is 9.90. The number of ether oxygens (including phenoxy) is 1. The first-order chi connectivity index (χ1) is 12.9. The molecule has 0 bridgehead atoms. The van der Waals surface area contributed by atoms with Gasteiger partial charge in [0, 0.05) is 17.2 Å². The third-order valence-electron chi connectivity index (χ3n) is 4.52. The smallest absolute Gasteiger partial charge is 0.294 e. The van der Waals surface area contributed by atoms with Gasteiger partial charge in [-0.2, -0.15) is 0 Å². The quantitative estimate of drug-likeness (QED) is 0.866. The van der Waals surface area contributed by atoms with Crippen molar-refractivity contribution in [3.8, 4) is 5.75 Å². The van der Waals surface area contributed by atoms with Crippen LogP contribution in [0.25, 0.3) is 0 Å². The van der Waals surface area contributed by atoms with Gasteiger partial charge in [-0.1, -0.05) is 38.1 Å². The fourth-order valence-corrected chi connectivity index (χ4v) is 3.25. The second-order valence-electron chi connectivity index (χ2n) is 6.58. The van der Waals surface area contributed by atoms with Gasteiger partial charge in [0.15, 0.2) is 11.5 Å². The summed E-state index contributed by atoms with van der Waals surface area (Å²) in [4.78, 5) is 26.9. The van der Waals surface area contributed by atoms with Crippen molar-refractivity contribution in [3.05, 3.63) is 71.2 Å². The molecule has 5 nitrogen and oxygen atoms in total. The summed E-state index contributed by atoms with van der Waals surface area (Å²) < 4.78 is 19.2. The van der Waals surface area contributed by atoms with Crippen molar-refractivity contribution < 1.29 is 23.8 Å². The predicted molar refractivity (Wildman–Crippen MR) is 99.1 cm³/mol. The van der Waals surface area contributed by atoms with Gasteiger partial charge in [-0.15, -0.1) is 0 Å². The number of benzene rings is 2. The molecule has 140 valence electrons. The van der Waals surface area contributed by atoms with E-state index in [-0.39, 0.29) is 17.0 Å². The van der Waals surface area contributed by atoms with Gasteiger partial charge in [0.2, 0.25) is 0 Å². The number of halogens is 1. The van der Waals surface area contributed by atoms with E-state index in [0.717, 1.165) is 0 Å². The summed E-state index contributed by atoms with van der Waals surface area (Å²) in [5.74, 6) is -2.22. The fraction of sp³-hybridized carbons (Fsp3) is 0.238. The SMILES string of the molecule is COc1ccccc1C1C(C(=O)C(C)C)=C(O)C(=O)N1c1cccc(F)c1. The Balaban J connectivity index is 2.25. The number of Topliss-reactive ketones (excluding diaryl/α,β-unsaturated/α-hetero) is 1. The van der Waals surface area contributed by atoms with Crippen LogP contribution in [0, 0.1) is 11.7 Å². The summed E-state index contributed by atoms with van der Waals surface area (Å²) in [6.45, 7) is 3.38. The molecule has 2 aromatic carbocycles. The number of rotatable bonds is 5. The average molecular weight is 369 g/mol. The normalized spacial score (nSPS) is 17.0. The molecular formula is C21H20FNO4. The second-order valence-corrected chi connectivity index (χ2v) is 6.58. The molecule has 1 aliphatic heterocycles. The Labute approximate surface area is 156 Å². The standard InChI is InChI=1S/C21H20FNO4/c1-12(2)19(24)17-18(15-9-4-5-10-16(15)27-3)23(21(26)20(17)25)14-8-6-7-13(22)11-14/h4-12,18,25H,1-3H3. The molecule has 0 aliphatic carbocycles. The summed E-state index contributed by atoms with van der Waals surface area (Å²) in [5.41, 5.74) is 0.767. The van der Waals surface area contributed by atoms with Crippen LogP contribution in [-0.2, 0) is 9.59 Å². The first kappa shape index (κ1) is 18.6. The van der Waals surface area contributed by atoms with Crippen LogP contribution in [0.4, 0.5) is 10.1 Å². The van der Waals surface area contributed by atoms with Gasteiger partial charge in [0.05, 0.1) is 18.7 Å². The van der Waals surface area contributed by atoms with E-state index >= 15 is 0 Å². The van der Waals surface area contributed by atoms with Crippen molar-refractivity contribution in [1.29, 1.82) is 0 Å². The number of anilines is 1. The van der Waals surface area contributed by atoms with E-state index in [0.29, 0.717) is 11.3 Å². The third kappa shape index (κ3) is 3.18. The van der Waals surface area contributed by atoms with E-state index in [2.05, 4.69) is 0 Å². The molecule has 27 heavy (non-hydrogen) atoms. The van der Waals surface area contributed by atoms with Gasteiger partial charge in [-0.05, 0) is 24.3 Å². The molecule has 0 radical (unpaired) electrons. The van der Waals surface area contributed by atoms with Crippen LogP contribution < -0.4 is 9.64 Å². The number of para-hydroxylation sites is 1. The summed E-state index contributed by atoms with van der Waals surface area (Å²) in [6.07, 6.45) is 0. The molecule has 1 atom stereocenters. The highest BCUT2D eigenvalue weighted by Crippen LogP contribution is 2.44. The van der Waals surface area contributed by atoms with Gasteiger partial charge < -0.3 is 9.84 Å². The molecule has 1 amide bonds. The van der Waals surface area contributed by atoms with Crippen LogP contribution in [0.2, 0.25) is 0 Å². The monoisotopic (exact) mass is 369 g/mol. The largest absolute Gasteiger partial charge is 0.503 e. The molecule has 1 aliphatic rings. The molecule has 2 aromatic rings. The maximum absolute atomic E-state index is 13.8. The minimum atomic E-state index is -0.912. The van der Waals surface area contributed by atoms with E-state index in [9.17, 15) is 19.1 Å².